The molecular weight excluding hydrogens is 934 g/mol. The number of alkyl halides is 2. The molecule has 0 spiro atoms. The highest BCUT2D eigenvalue weighted by Crippen LogP contribution is 2.42. The molecule has 0 aromatic heterocycles. The molecule has 0 fully saturated rings. The maximum Gasteiger partial charge on any atom is 0.258 e. The molecule has 0 saturated carbocycles. The highest BCUT2D eigenvalue weighted by molar-refractivity contribution is 6.37. The third-order valence-electron chi connectivity index (χ3n) is 9.16. The minimum absolute atomic E-state index is 0.0135. The standard InChI is InChI=1S/C46H42Cl4N8O8/c1-5-65-41-35(53-45(63)39(25(3)59)57-55-33-17-9-15-31(37(33)49)43(61)51-29-13-7-11-27(21-29)23-47)19-20-36(42(41)66-6-2)54-46(64)40(26(4)60)58-56-34-18-10-16-32(38(34)50)44(62)52-30-14-8-12-28(22-30)24-48/h7-22,39-40H,5-6,23-24H2,1-4H3,(H,51,61)(H,52,62)(H,53,63)(H,54,64). The molecule has 342 valence electrons. The van der Waals surface area contributed by atoms with Crippen LogP contribution in [0.1, 0.15) is 59.5 Å². The maximum atomic E-state index is 13.7. The summed E-state index contributed by atoms with van der Waals surface area (Å²) in [6.07, 6.45) is 0. The highest BCUT2D eigenvalue weighted by Gasteiger charge is 2.29. The molecule has 5 aromatic rings. The lowest BCUT2D eigenvalue weighted by molar-refractivity contribution is -0.127. The van der Waals surface area contributed by atoms with Crippen molar-refractivity contribution in [1.82, 2.24) is 0 Å². The Labute approximate surface area is 399 Å². The maximum absolute atomic E-state index is 13.7. The summed E-state index contributed by atoms with van der Waals surface area (Å²) in [7, 11) is 0. The van der Waals surface area contributed by atoms with Gasteiger partial charge in [-0.25, -0.2) is 0 Å². The monoisotopic (exact) mass is 974 g/mol. The first-order valence-corrected chi connectivity index (χ1v) is 21.9. The van der Waals surface area contributed by atoms with E-state index >= 15 is 0 Å². The van der Waals surface area contributed by atoms with E-state index in [0.29, 0.717) is 11.4 Å². The quantitative estimate of drug-likeness (QED) is 0.0333. The first kappa shape index (κ1) is 50.3. The summed E-state index contributed by atoms with van der Waals surface area (Å²) < 4.78 is 11.7. The summed E-state index contributed by atoms with van der Waals surface area (Å²) >= 11 is 25.0. The van der Waals surface area contributed by atoms with Crippen LogP contribution in [0.15, 0.2) is 118 Å². The van der Waals surface area contributed by atoms with Crippen molar-refractivity contribution in [3.05, 3.63) is 129 Å². The van der Waals surface area contributed by atoms with E-state index in [0.717, 1.165) is 25.0 Å². The summed E-state index contributed by atoms with van der Waals surface area (Å²) in [6.45, 7) is 5.76. The predicted octanol–water partition coefficient (Wildman–Crippen LogP) is 11.1. The van der Waals surface area contributed by atoms with Gasteiger partial charge in [0.05, 0.1) is 45.8 Å². The van der Waals surface area contributed by atoms with Gasteiger partial charge in [0.15, 0.2) is 23.1 Å². The minimum Gasteiger partial charge on any atom is -0.488 e. The van der Waals surface area contributed by atoms with Crippen LogP contribution in [0, 0.1) is 0 Å². The Morgan fingerprint density at radius 1 is 0.545 bits per heavy atom. The number of hydrogen-bond acceptors (Lipinski definition) is 12. The lowest BCUT2D eigenvalue weighted by Gasteiger charge is -2.20. The topological polar surface area (TPSA) is 218 Å². The number of carbonyl (C=O) groups excluding carboxylic acids is 6. The SMILES string of the molecule is CCOc1c(NC(=O)C(N=Nc2cccc(C(=O)Nc3cccc(CCl)c3)c2Cl)C(C)=O)ccc(NC(=O)C(N=Nc2cccc(C(=O)Nc3cccc(CCl)c3)c2Cl)C(C)=O)c1OCC. The van der Waals surface area contributed by atoms with E-state index in [4.69, 9.17) is 55.9 Å². The number of hydrogen-bond donors (Lipinski definition) is 4. The molecule has 0 saturated heterocycles. The second-order valence-corrected chi connectivity index (χ2v) is 15.3. The van der Waals surface area contributed by atoms with E-state index < -0.39 is 47.3 Å². The van der Waals surface area contributed by atoms with Crippen LogP contribution in [0.3, 0.4) is 0 Å². The largest absolute Gasteiger partial charge is 0.488 e. The van der Waals surface area contributed by atoms with Gasteiger partial charge in [-0.2, -0.15) is 20.5 Å². The zero-order valence-electron chi connectivity index (χ0n) is 35.8. The Kier molecular flexibility index (Phi) is 18.3. The number of nitrogens with zero attached hydrogens (tertiary/aromatic N) is 4. The molecule has 4 amide bonds. The highest BCUT2D eigenvalue weighted by atomic mass is 35.5. The smallest absolute Gasteiger partial charge is 0.258 e. The first-order chi connectivity index (χ1) is 31.7. The third kappa shape index (κ3) is 13.0. The van der Waals surface area contributed by atoms with Crippen molar-refractivity contribution >= 4 is 116 Å². The van der Waals surface area contributed by atoms with Crippen LogP contribution in [0.2, 0.25) is 10.0 Å². The van der Waals surface area contributed by atoms with Crippen LogP contribution in [-0.4, -0.2) is 60.5 Å². The minimum atomic E-state index is -1.68. The molecule has 4 N–H and O–H groups in total. The van der Waals surface area contributed by atoms with Gasteiger partial charge in [0.2, 0.25) is 12.1 Å². The number of azo groups is 2. The molecule has 2 atom stereocenters. The number of carbonyl (C=O) groups is 6. The molecule has 5 aromatic carbocycles. The van der Waals surface area contributed by atoms with Crippen LogP contribution in [-0.2, 0) is 30.9 Å². The summed E-state index contributed by atoms with van der Waals surface area (Å²) in [6, 6.07) is 22.2. The number of amides is 4. The van der Waals surface area contributed by atoms with Crippen molar-refractivity contribution < 1.29 is 38.2 Å². The average molecular weight is 977 g/mol. The van der Waals surface area contributed by atoms with Crippen molar-refractivity contribution in [2.75, 3.05) is 34.5 Å². The molecule has 16 nitrogen and oxygen atoms in total. The van der Waals surface area contributed by atoms with Crippen molar-refractivity contribution in [2.24, 2.45) is 20.5 Å². The van der Waals surface area contributed by atoms with Gasteiger partial charge in [0, 0.05) is 23.1 Å². The molecular formula is C46H42Cl4N8O8. The van der Waals surface area contributed by atoms with Crippen LogP contribution >= 0.6 is 46.4 Å². The van der Waals surface area contributed by atoms with Gasteiger partial charge in [-0.3, -0.25) is 28.8 Å². The molecule has 5 rings (SSSR count). The van der Waals surface area contributed by atoms with Gasteiger partial charge in [0.25, 0.3) is 23.6 Å². The number of anilines is 4. The molecule has 66 heavy (non-hydrogen) atoms. The van der Waals surface area contributed by atoms with Crippen molar-refractivity contribution in [3.63, 3.8) is 0 Å². The molecule has 20 heteroatoms. The van der Waals surface area contributed by atoms with Crippen LogP contribution in [0.5, 0.6) is 11.5 Å². The number of Topliss-reactive ketones (excluding diaryl/α,β-unsaturated/α-hetero) is 2. The van der Waals surface area contributed by atoms with Gasteiger partial charge >= 0.3 is 0 Å². The fourth-order valence-electron chi connectivity index (χ4n) is 6.02. The Morgan fingerprint density at radius 2 is 0.924 bits per heavy atom. The third-order valence-corrected chi connectivity index (χ3v) is 10.6. The second kappa shape index (κ2) is 24.0. The van der Waals surface area contributed by atoms with E-state index in [2.05, 4.69) is 41.7 Å². The number of halogens is 4. The molecule has 0 aliphatic rings. The number of ether oxygens (including phenoxy) is 2. The average Bonchev–Trinajstić information content (AvgIpc) is 3.29. The Balaban J connectivity index is 1.34. The number of nitrogens with one attached hydrogen (secondary N) is 4. The number of rotatable bonds is 20. The van der Waals surface area contributed by atoms with Crippen LogP contribution in [0.25, 0.3) is 0 Å². The molecule has 0 heterocycles. The zero-order valence-corrected chi connectivity index (χ0v) is 38.8. The van der Waals surface area contributed by atoms with Crippen LogP contribution < -0.4 is 30.7 Å². The van der Waals surface area contributed by atoms with Gasteiger partial charge in [-0.1, -0.05) is 59.6 Å². The lowest BCUT2D eigenvalue weighted by atomic mass is 10.1. The normalized spacial score (nSPS) is 12.0. The second-order valence-electron chi connectivity index (χ2n) is 14.0. The van der Waals surface area contributed by atoms with Gasteiger partial charge in [-0.15, -0.1) is 23.2 Å². The fourth-order valence-corrected chi connectivity index (χ4v) is 6.85. The van der Waals surface area contributed by atoms with E-state index in [1.54, 1.807) is 50.2 Å². The number of ketones is 2. The molecule has 0 bridgehead atoms. The van der Waals surface area contributed by atoms with Crippen molar-refractivity contribution in [2.45, 2.75) is 51.5 Å². The summed E-state index contributed by atoms with van der Waals surface area (Å²) in [5.74, 6) is -3.82. The first-order valence-electron chi connectivity index (χ1n) is 20.1. The summed E-state index contributed by atoms with van der Waals surface area (Å²) in [4.78, 5) is 79.2. The van der Waals surface area contributed by atoms with Gasteiger partial charge in [0.1, 0.15) is 11.4 Å². The molecule has 0 radical (unpaired) electrons. The van der Waals surface area contributed by atoms with E-state index in [9.17, 15) is 28.8 Å². The van der Waals surface area contributed by atoms with Gasteiger partial charge < -0.3 is 30.7 Å². The van der Waals surface area contributed by atoms with Crippen molar-refractivity contribution in [1.29, 1.82) is 0 Å². The number of benzene rings is 5. The Hall–Kier alpha value is -6.72. The van der Waals surface area contributed by atoms with E-state index in [1.807, 2.05) is 12.1 Å². The molecule has 0 aliphatic carbocycles. The van der Waals surface area contributed by atoms with Crippen LogP contribution in [0.4, 0.5) is 34.1 Å². The molecule has 0 aliphatic heterocycles. The zero-order chi connectivity index (χ0) is 47.9. The van der Waals surface area contributed by atoms with E-state index in [-0.39, 0.29) is 80.4 Å². The summed E-state index contributed by atoms with van der Waals surface area (Å²) in [5.41, 5.74) is 2.79. The predicted molar refractivity (Wildman–Crippen MR) is 255 cm³/mol. The van der Waals surface area contributed by atoms with Gasteiger partial charge in [-0.05, 0) is 99.5 Å². The Morgan fingerprint density at radius 3 is 1.27 bits per heavy atom. The van der Waals surface area contributed by atoms with Crippen molar-refractivity contribution in [3.8, 4) is 11.5 Å². The van der Waals surface area contributed by atoms with E-state index in [1.165, 1.54) is 48.5 Å². The fraction of sp³-hybridized carbons (Fsp3) is 0.217. The Bertz CT molecular complexity index is 2530. The summed E-state index contributed by atoms with van der Waals surface area (Å²) in [5, 5.41) is 26.7. The lowest BCUT2D eigenvalue weighted by Crippen LogP contribution is -2.32. The molecule has 2 unspecified atom stereocenters.